The first kappa shape index (κ1) is 10.5. The van der Waals surface area contributed by atoms with Crippen molar-refractivity contribution in [3.63, 3.8) is 0 Å². The van der Waals surface area contributed by atoms with Crippen LogP contribution in [0.3, 0.4) is 0 Å². The van der Waals surface area contributed by atoms with Gasteiger partial charge >= 0.3 is 0 Å². The maximum atomic E-state index is 11.2. The molecular weight excluding hydrogens is 168 g/mol. The van der Waals surface area contributed by atoms with Gasteiger partial charge in [-0.15, -0.1) is 0 Å². The normalized spacial score (nSPS) is 22.8. The van der Waals surface area contributed by atoms with E-state index < -0.39 is 0 Å². The molecule has 1 aliphatic rings. The molecule has 0 radical (unpaired) electrons. The number of carbonyl (C=O) groups excluding carboxylic acids is 1. The SMILES string of the molecule is CN(C)C(=O)CO[C@H]1CCCNC1. The number of hydrogen-bond acceptors (Lipinski definition) is 3. The zero-order valence-corrected chi connectivity index (χ0v) is 8.38. The van der Waals surface area contributed by atoms with Crippen LogP contribution in [0.5, 0.6) is 0 Å². The van der Waals surface area contributed by atoms with Crippen LogP contribution in [0.4, 0.5) is 0 Å². The molecule has 0 saturated carbocycles. The summed E-state index contributed by atoms with van der Waals surface area (Å²) in [5.41, 5.74) is 0. The van der Waals surface area contributed by atoms with Crippen molar-refractivity contribution in [3.8, 4) is 0 Å². The molecule has 1 rings (SSSR count). The number of piperidine rings is 1. The minimum absolute atomic E-state index is 0.0329. The van der Waals surface area contributed by atoms with Crippen LogP contribution < -0.4 is 5.32 Å². The van der Waals surface area contributed by atoms with E-state index in [4.69, 9.17) is 4.74 Å². The topological polar surface area (TPSA) is 41.6 Å². The molecule has 76 valence electrons. The predicted octanol–water partition coefficient (Wildman–Crippen LogP) is -0.157. The van der Waals surface area contributed by atoms with Crippen molar-refractivity contribution in [1.29, 1.82) is 0 Å². The molecule has 1 aliphatic heterocycles. The summed E-state index contributed by atoms with van der Waals surface area (Å²) >= 11 is 0. The van der Waals surface area contributed by atoms with E-state index in [-0.39, 0.29) is 18.6 Å². The van der Waals surface area contributed by atoms with Crippen LogP contribution in [-0.2, 0) is 9.53 Å². The zero-order chi connectivity index (χ0) is 9.68. The van der Waals surface area contributed by atoms with Crippen LogP contribution in [0.2, 0.25) is 0 Å². The quantitative estimate of drug-likeness (QED) is 0.666. The lowest BCUT2D eigenvalue weighted by atomic mass is 10.1. The third kappa shape index (κ3) is 3.74. The van der Waals surface area contributed by atoms with E-state index in [1.165, 1.54) is 0 Å². The van der Waals surface area contributed by atoms with E-state index in [0.717, 1.165) is 25.9 Å². The summed E-state index contributed by atoms with van der Waals surface area (Å²) in [6.07, 6.45) is 2.42. The Morgan fingerprint density at radius 1 is 1.62 bits per heavy atom. The molecule has 0 aliphatic carbocycles. The summed E-state index contributed by atoms with van der Waals surface area (Å²) < 4.78 is 5.45. The first-order chi connectivity index (χ1) is 6.20. The molecule has 4 nitrogen and oxygen atoms in total. The van der Waals surface area contributed by atoms with Gasteiger partial charge in [0, 0.05) is 20.6 Å². The highest BCUT2D eigenvalue weighted by molar-refractivity contribution is 5.76. The van der Waals surface area contributed by atoms with Crippen LogP contribution in [-0.4, -0.2) is 50.7 Å². The molecule has 1 amide bonds. The summed E-state index contributed by atoms with van der Waals surface area (Å²) in [4.78, 5) is 12.7. The third-order valence-electron chi connectivity index (χ3n) is 2.19. The van der Waals surface area contributed by atoms with Crippen molar-refractivity contribution in [2.45, 2.75) is 18.9 Å². The van der Waals surface area contributed by atoms with Gasteiger partial charge in [0.05, 0.1) is 6.10 Å². The Kier molecular flexibility index (Phi) is 4.18. The van der Waals surface area contributed by atoms with Gasteiger partial charge < -0.3 is 15.0 Å². The first-order valence-corrected chi connectivity index (χ1v) is 4.72. The van der Waals surface area contributed by atoms with Gasteiger partial charge in [0.1, 0.15) is 6.61 Å². The van der Waals surface area contributed by atoms with Gasteiger partial charge in [0.25, 0.3) is 0 Å². The Labute approximate surface area is 79.2 Å². The Hall–Kier alpha value is -0.610. The van der Waals surface area contributed by atoms with Crippen molar-refractivity contribution in [2.75, 3.05) is 33.8 Å². The lowest BCUT2D eigenvalue weighted by Crippen LogP contribution is -2.37. The minimum Gasteiger partial charge on any atom is -0.367 e. The fraction of sp³-hybridized carbons (Fsp3) is 0.889. The summed E-state index contributed by atoms with van der Waals surface area (Å²) in [5.74, 6) is 0.0329. The maximum absolute atomic E-state index is 11.2. The molecule has 1 saturated heterocycles. The second-order valence-corrected chi connectivity index (χ2v) is 3.57. The molecular formula is C9H18N2O2. The molecule has 0 spiro atoms. The van der Waals surface area contributed by atoms with Crippen molar-refractivity contribution in [1.82, 2.24) is 10.2 Å². The van der Waals surface area contributed by atoms with Crippen molar-refractivity contribution in [3.05, 3.63) is 0 Å². The highest BCUT2D eigenvalue weighted by atomic mass is 16.5. The van der Waals surface area contributed by atoms with Crippen LogP contribution >= 0.6 is 0 Å². The highest BCUT2D eigenvalue weighted by Gasteiger charge is 2.14. The monoisotopic (exact) mass is 186 g/mol. The Morgan fingerprint density at radius 2 is 2.38 bits per heavy atom. The predicted molar refractivity (Wildman–Crippen MR) is 50.5 cm³/mol. The number of rotatable bonds is 3. The Morgan fingerprint density at radius 3 is 2.92 bits per heavy atom. The summed E-state index contributed by atoms with van der Waals surface area (Å²) in [6.45, 7) is 2.15. The molecule has 0 aromatic heterocycles. The highest BCUT2D eigenvalue weighted by Crippen LogP contribution is 2.05. The van der Waals surface area contributed by atoms with Gasteiger partial charge in [0.2, 0.25) is 5.91 Å². The summed E-state index contributed by atoms with van der Waals surface area (Å²) in [5, 5.41) is 3.24. The summed E-state index contributed by atoms with van der Waals surface area (Å²) in [7, 11) is 3.48. The van der Waals surface area contributed by atoms with Crippen LogP contribution in [0.15, 0.2) is 0 Å². The van der Waals surface area contributed by atoms with Crippen molar-refractivity contribution >= 4 is 5.91 Å². The van der Waals surface area contributed by atoms with Gasteiger partial charge in [-0.1, -0.05) is 0 Å². The number of nitrogens with one attached hydrogen (secondary N) is 1. The second kappa shape index (κ2) is 5.19. The molecule has 1 N–H and O–H groups in total. The third-order valence-corrected chi connectivity index (χ3v) is 2.19. The van der Waals surface area contributed by atoms with Crippen LogP contribution in [0, 0.1) is 0 Å². The van der Waals surface area contributed by atoms with Gasteiger partial charge in [-0.25, -0.2) is 0 Å². The van der Waals surface area contributed by atoms with Gasteiger partial charge in [-0.3, -0.25) is 4.79 Å². The second-order valence-electron chi connectivity index (χ2n) is 3.57. The number of amides is 1. The van der Waals surface area contributed by atoms with E-state index in [1.807, 2.05) is 0 Å². The largest absolute Gasteiger partial charge is 0.367 e. The maximum Gasteiger partial charge on any atom is 0.248 e. The molecule has 4 heteroatoms. The molecule has 1 atom stereocenters. The van der Waals surface area contributed by atoms with Crippen molar-refractivity contribution < 1.29 is 9.53 Å². The molecule has 0 aromatic carbocycles. The average Bonchev–Trinajstić information content (AvgIpc) is 2.15. The number of carbonyl (C=O) groups is 1. The molecule has 1 fully saturated rings. The summed E-state index contributed by atoms with van der Waals surface area (Å²) in [6, 6.07) is 0. The number of likely N-dealkylation sites (N-methyl/N-ethyl adjacent to an activating group) is 1. The van der Waals surface area contributed by atoms with Gasteiger partial charge in [-0.2, -0.15) is 0 Å². The van der Waals surface area contributed by atoms with Gasteiger partial charge in [0.15, 0.2) is 0 Å². The Balaban J connectivity index is 2.13. The van der Waals surface area contributed by atoms with Gasteiger partial charge in [-0.05, 0) is 19.4 Å². The Bertz CT molecular complexity index is 165. The minimum atomic E-state index is 0.0329. The fourth-order valence-electron chi connectivity index (χ4n) is 1.28. The number of hydrogen-bond donors (Lipinski definition) is 1. The van der Waals surface area contributed by atoms with E-state index in [9.17, 15) is 4.79 Å². The van der Waals surface area contributed by atoms with E-state index >= 15 is 0 Å². The van der Waals surface area contributed by atoms with E-state index in [2.05, 4.69) is 5.32 Å². The van der Waals surface area contributed by atoms with E-state index in [0.29, 0.717) is 0 Å². The standard InChI is InChI=1S/C9H18N2O2/c1-11(2)9(12)7-13-8-4-3-5-10-6-8/h8,10H,3-7H2,1-2H3/t8-/m0/s1. The van der Waals surface area contributed by atoms with Crippen LogP contribution in [0.1, 0.15) is 12.8 Å². The fourth-order valence-corrected chi connectivity index (χ4v) is 1.28. The zero-order valence-electron chi connectivity index (χ0n) is 8.38. The van der Waals surface area contributed by atoms with Crippen molar-refractivity contribution in [2.24, 2.45) is 0 Å². The van der Waals surface area contributed by atoms with E-state index in [1.54, 1.807) is 19.0 Å². The molecule has 0 aromatic rings. The first-order valence-electron chi connectivity index (χ1n) is 4.72. The average molecular weight is 186 g/mol. The molecule has 0 unspecified atom stereocenters. The molecule has 0 bridgehead atoms. The lowest BCUT2D eigenvalue weighted by molar-refractivity contribution is -0.135. The lowest BCUT2D eigenvalue weighted by Gasteiger charge is -2.23. The number of ether oxygens (including phenoxy) is 1. The number of nitrogens with zero attached hydrogens (tertiary/aromatic N) is 1. The molecule has 13 heavy (non-hydrogen) atoms. The van der Waals surface area contributed by atoms with Crippen LogP contribution in [0.25, 0.3) is 0 Å². The smallest absolute Gasteiger partial charge is 0.248 e. The molecule has 1 heterocycles.